The molecule has 1 aliphatic rings. The number of hydrogen-bond acceptors (Lipinski definition) is 5. The number of nitrogens with zero attached hydrogens (tertiary/aromatic N) is 6. The van der Waals surface area contributed by atoms with Gasteiger partial charge in [0.25, 0.3) is 5.91 Å². The number of nitrogens with one attached hydrogen (secondary N) is 1. The number of aryl methyl sites for hydroxylation is 1. The van der Waals surface area contributed by atoms with Crippen LogP contribution in [0.1, 0.15) is 28.8 Å². The molecule has 1 amide bonds. The van der Waals surface area contributed by atoms with Gasteiger partial charge in [-0.15, -0.1) is 0 Å². The summed E-state index contributed by atoms with van der Waals surface area (Å²) in [5.41, 5.74) is 5.38. The molecule has 0 aliphatic carbocycles. The molecular weight excluding hydrogens is 469 g/mol. The highest BCUT2D eigenvalue weighted by molar-refractivity contribution is 6.03. The van der Waals surface area contributed by atoms with E-state index in [0.717, 1.165) is 30.8 Å². The summed E-state index contributed by atoms with van der Waals surface area (Å²) in [6.07, 6.45) is 6.08. The van der Waals surface area contributed by atoms with Gasteiger partial charge in [0, 0.05) is 36.5 Å². The Morgan fingerprint density at radius 2 is 1.70 bits per heavy atom. The lowest BCUT2D eigenvalue weighted by Gasteiger charge is -2.14. The van der Waals surface area contributed by atoms with E-state index >= 15 is 0 Å². The second-order valence-electron chi connectivity index (χ2n) is 9.35. The fraction of sp³-hybridized carbons (Fsp3) is 0.214. The first-order valence-corrected chi connectivity index (χ1v) is 12.3. The van der Waals surface area contributed by atoms with Crippen molar-refractivity contribution in [2.24, 2.45) is 7.05 Å². The average Bonchev–Trinajstić information content (AvgIpc) is 3.64. The zero-order valence-corrected chi connectivity index (χ0v) is 20.4. The maximum Gasteiger partial charge on any atom is 0.256 e. The van der Waals surface area contributed by atoms with Crippen LogP contribution in [0.4, 0.5) is 10.2 Å². The molecule has 0 saturated carbocycles. The molecule has 1 N–H and O–H groups in total. The number of aromatic nitrogens is 5. The summed E-state index contributed by atoms with van der Waals surface area (Å²) < 4.78 is 16.8. The van der Waals surface area contributed by atoms with Crippen LogP contribution < -0.4 is 5.32 Å². The summed E-state index contributed by atoms with van der Waals surface area (Å²) in [5, 5.41) is 12.1. The predicted octanol–water partition coefficient (Wildman–Crippen LogP) is 4.78. The number of carbonyl (C=O) groups excluding carboxylic acids is 1. The van der Waals surface area contributed by atoms with Gasteiger partial charge in [0.1, 0.15) is 11.5 Å². The first-order valence-electron chi connectivity index (χ1n) is 12.3. The number of imidazole rings is 1. The molecule has 0 radical (unpaired) electrons. The third kappa shape index (κ3) is 4.85. The SMILES string of the molecule is Cn1cc(-c2ccc3nc(NC(=O)c4ccc(CN5CCCC5)cc4)cn3n2)c(-c2ccc(F)cc2)n1. The molecule has 4 heterocycles. The largest absolute Gasteiger partial charge is 0.305 e. The van der Waals surface area contributed by atoms with Crippen molar-refractivity contribution in [2.75, 3.05) is 18.4 Å². The van der Waals surface area contributed by atoms with E-state index in [1.54, 1.807) is 27.5 Å². The minimum atomic E-state index is -0.299. The Bertz CT molecular complexity index is 1560. The molecule has 0 unspecified atom stereocenters. The van der Waals surface area contributed by atoms with Crippen LogP contribution in [0.5, 0.6) is 0 Å². The molecular formula is C28H26FN7O. The molecule has 9 heteroatoms. The lowest BCUT2D eigenvalue weighted by atomic mass is 10.1. The van der Waals surface area contributed by atoms with Gasteiger partial charge >= 0.3 is 0 Å². The van der Waals surface area contributed by atoms with E-state index in [9.17, 15) is 9.18 Å². The zero-order valence-electron chi connectivity index (χ0n) is 20.4. The highest BCUT2D eigenvalue weighted by Gasteiger charge is 2.16. The van der Waals surface area contributed by atoms with E-state index in [1.165, 1.54) is 30.5 Å². The standard InChI is InChI=1S/C28H26FN7O/c1-34-17-23(27(33-34)20-8-10-22(29)11-9-20)24-12-13-26-30-25(18-36(26)32-24)31-28(37)21-6-4-19(5-7-21)16-35-14-2-3-15-35/h4-13,17-18H,2-3,14-16H2,1H3,(H,31,37). The number of halogens is 1. The monoisotopic (exact) mass is 495 g/mol. The maximum absolute atomic E-state index is 13.4. The second kappa shape index (κ2) is 9.59. The molecule has 1 aliphatic heterocycles. The van der Waals surface area contributed by atoms with Crippen LogP contribution in [0.15, 0.2) is 73.1 Å². The van der Waals surface area contributed by atoms with E-state index in [-0.39, 0.29) is 11.7 Å². The number of anilines is 1. The average molecular weight is 496 g/mol. The van der Waals surface area contributed by atoms with Crippen LogP contribution in [-0.4, -0.2) is 48.3 Å². The van der Waals surface area contributed by atoms with Crippen molar-refractivity contribution in [1.29, 1.82) is 0 Å². The number of benzene rings is 2. The highest BCUT2D eigenvalue weighted by Crippen LogP contribution is 2.30. The first-order chi connectivity index (χ1) is 18.0. The lowest BCUT2D eigenvalue weighted by Crippen LogP contribution is -2.18. The Morgan fingerprint density at radius 3 is 2.46 bits per heavy atom. The fourth-order valence-corrected chi connectivity index (χ4v) is 4.73. The molecule has 5 aromatic rings. The molecule has 8 nitrogen and oxygen atoms in total. The van der Waals surface area contributed by atoms with Crippen LogP contribution in [0, 0.1) is 5.82 Å². The van der Waals surface area contributed by atoms with Crippen LogP contribution in [-0.2, 0) is 13.6 Å². The summed E-state index contributed by atoms with van der Waals surface area (Å²) in [4.78, 5) is 19.8. The van der Waals surface area contributed by atoms with Crippen LogP contribution in [0.25, 0.3) is 28.2 Å². The van der Waals surface area contributed by atoms with Gasteiger partial charge < -0.3 is 5.32 Å². The normalized spacial score (nSPS) is 13.9. The molecule has 0 bridgehead atoms. The molecule has 37 heavy (non-hydrogen) atoms. The van der Waals surface area contributed by atoms with Crippen molar-refractivity contribution in [3.05, 3.63) is 90.0 Å². The van der Waals surface area contributed by atoms with Crippen molar-refractivity contribution in [3.63, 3.8) is 0 Å². The van der Waals surface area contributed by atoms with Gasteiger partial charge in [-0.05, 0) is 80.0 Å². The van der Waals surface area contributed by atoms with E-state index in [1.807, 2.05) is 49.6 Å². The second-order valence-corrected chi connectivity index (χ2v) is 9.35. The van der Waals surface area contributed by atoms with Gasteiger partial charge in [0.05, 0.1) is 11.9 Å². The molecule has 0 spiro atoms. The van der Waals surface area contributed by atoms with Gasteiger partial charge in [-0.1, -0.05) is 12.1 Å². The Balaban J connectivity index is 1.21. The van der Waals surface area contributed by atoms with Gasteiger partial charge in [0.15, 0.2) is 11.5 Å². The van der Waals surface area contributed by atoms with E-state index < -0.39 is 0 Å². The summed E-state index contributed by atoms with van der Waals surface area (Å²) in [6, 6.07) is 17.6. The summed E-state index contributed by atoms with van der Waals surface area (Å²) in [5.74, 6) is -0.102. The summed E-state index contributed by atoms with van der Waals surface area (Å²) in [6.45, 7) is 3.20. The summed E-state index contributed by atoms with van der Waals surface area (Å²) >= 11 is 0. The number of rotatable bonds is 6. The van der Waals surface area contributed by atoms with E-state index in [2.05, 4.69) is 20.3 Å². The fourth-order valence-electron chi connectivity index (χ4n) is 4.73. The number of likely N-dealkylation sites (tertiary alicyclic amines) is 1. The minimum absolute atomic E-state index is 0.220. The molecule has 1 fully saturated rings. The third-order valence-electron chi connectivity index (χ3n) is 6.61. The van der Waals surface area contributed by atoms with Gasteiger partial charge in [-0.2, -0.15) is 10.2 Å². The Hall–Kier alpha value is -4.37. The molecule has 2 aromatic carbocycles. The quantitative estimate of drug-likeness (QED) is 0.367. The van der Waals surface area contributed by atoms with Crippen molar-refractivity contribution in [3.8, 4) is 22.5 Å². The van der Waals surface area contributed by atoms with E-state index in [4.69, 9.17) is 5.10 Å². The van der Waals surface area contributed by atoms with Crippen LogP contribution in [0.3, 0.4) is 0 Å². The molecule has 3 aromatic heterocycles. The molecule has 186 valence electrons. The number of amides is 1. The summed E-state index contributed by atoms with van der Waals surface area (Å²) in [7, 11) is 1.83. The first kappa shape index (κ1) is 23.1. The van der Waals surface area contributed by atoms with Crippen molar-refractivity contribution >= 4 is 17.4 Å². The third-order valence-corrected chi connectivity index (χ3v) is 6.61. The maximum atomic E-state index is 13.4. The van der Waals surface area contributed by atoms with E-state index in [0.29, 0.717) is 28.4 Å². The highest BCUT2D eigenvalue weighted by atomic mass is 19.1. The Morgan fingerprint density at radius 1 is 0.946 bits per heavy atom. The molecule has 6 rings (SSSR count). The number of hydrogen-bond donors (Lipinski definition) is 1. The van der Waals surface area contributed by atoms with Crippen molar-refractivity contribution in [1.82, 2.24) is 29.3 Å². The number of carbonyl (C=O) groups is 1. The van der Waals surface area contributed by atoms with Crippen molar-refractivity contribution < 1.29 is 9.18 Å². The van der Waals surface area contributed by atoms with Gasteiger partial charge in [0.2, 0.25) is 0 Å². The van der Waals surface area contributed by atoms with Crippen molar-refractivity contribution in [2.45, 2.75) is 19.4 Å². The minimum Gasteiger partial charge on any atom is -0.305 e. The smallest absolute Gasteiger partial charge is 0.256 e. The predicted molar refractivity (Wildman–Crippen MR) is 139 cm³/mol. The van der Waals surface area contributed by atoms with Gasteiger partial charge in [-0.3, -0.25) is 14.4 Å². The van der Waals surface area contributed by atoms with Gasteiger partial charge in [-0.25, -0.2) is 13.9 Å². The van der Waals surface area contributed by atoms with Crippen LogP contribution >= 0.6 is 0 Å². The number of fused-ring (bicyclic) bond motifs is 1. The topological polar surface area (TPSA) is 80.4 Å². The van der Waals surface area contributed by atoms with Crippen LogP contribution in [0.2, 0.25) is 0 Å². The molecule has 1 saturated heterocycles. The Labute approximate surface area is 213 Å². The Kier molecular flexibility index (Phi) is 5.97. The zero-order chi connectivity index (χ0) is 25.4. The lowest BCUT2D eigenvalue weighted by molar-refractivity contribution is 0.102. The molecule has 0 atom stereocenters.